The van der Waals surface area contributed by atoms with E-state index in [1.54, 1.807) is 11.2 Å². The van der Waals surface area contributed by atoms with Gasteiger partial charge in [0, 0.05) is 87.2 Å². The molecule has 3 saturated heterocycles. The van der Waals surface area contributed by atoms with E-state index in [2.05, 4.69) is 75.0 Å². The van der Waals surface area contributed by atoms with Crippen molar-refractivity contribution in [3.63, 3.8) is 0 Å². The summed E-state index contributed by atoms with van der Waals surface area (Å²) < 4.78 is 5.22. The van der Waals surface area contributed by atoms with Gasteiger partial charge in [0.25, 0.3) is 0 Å². The highest BCUT2D eigenvalue weighted by molar-refractivity contribution is 6.05. The van der Waals surface area contributed by atoms with E-state index in [1.165, 1.54) is 5.69 Å². The van der Waals surface area contributed by atoms with Crippen LogP contribution in [-0.4, -0.2) is 100 Å². The number of urea groups is 1. The lowest BCUT2D eigenvalue weighted by Gasteiger charge is -2.39. The highest BCUT2D eigenvalue weighted by atomic mass is 16.5. The summed E-state index contributed by atoms with van der Waals surface area (Å²) in [7, 11) is 0. The predicted molar refractivity (Wildman–Crippen MR) is 234 cm³/mol. The Morgan fingerprint density at radius 1 is 0.885 bits per heavy atom. The normalized spacial score (nSPS) is 17.3. The van der Waals surface area contributed by atoms with Crippen LogP contribution in [0.25, 0.3) is 11.3 Å². The van der Waals surface area contributed by atoms with Crippen LogP contribution in [0.1, 0.15) is 80.6 Å². The van der Waals surface area contributed by atoms with Crippen molar-refractivity contribution in [2.75, 3.05) is 72.4 Å². The average Bonchev–Trinajstić information content (AvgIpc) is 3.77. The van der Waals surface area contributed by atoms with Gasteiger partial charge in [-0.1, -0.05) is 38.1 Å². The zero-order valence-corrected chi connectivity index (χ0v) is 35.5. The molecule has 16 heteroatoms. The highest BCUT2D eigenvalue weighted by Crippen LogP contribution is 2.29. The van der Waals surface area contributed by atoms with E-state index >= 15 is 0 Å². The van der Waals surface area contributed by atoms with Crippen molar-refractivity contribution in [1.82, 2.24) is 40.6 Å². The first-order valence-corrected chi connectivity index (χ1v) is 21.1. The fourth-order valence-electron chi connectivity index (χ4n) is 8.21. The molecule has 5 aromatic rings. The molecule has 0 radical (unpaired) electrons. The number of piperazine rings is 1. The maximum absolute atomic E-state index is 12.9. The van der Waals surface area contributed by atoms with Gasteiger partial charge in [-0.2, -0.15) is 4.98 Å². The number of piperidine rings is 1. The Bertz CT molecular complexity index is 2340. The van der Waals surface area contributed by atoms with Gasteiger partial charge in [0.15, 0.2) is 5.82 Å². The molecule has 0 aliphatic carbocycles. The largest absolute Gasteiger partial charge is 0.372 e. The van der Waals surface area contributed by atoms with Gasteiger partial charge in [-0.15, -0.1) is 0 Å². The molecule has 0 saturated carbocycles. The van der Waals surface area contributed by atoms with Crippen LogP contribution in [-0.2, 0) is 10.2 Å². The molecule has 3 N–H and O–H groups in total. The fourth-order valence-corrected chi connectivity index (χ4v) is 8.21. The van der Waals surface area contributed by atoms with E-state index in [0.717, 1.165) is 98.2 Å². The summed E-state index contributed by atoms with van der Waals surface area (Å²) in [6.07, 6.45) is 6.02. The Hall–Kier alpha value is -6.42. The Morgan fingerprint density at radius 2 is 1.64 bits per heavy atom. The van der Waals surface area contributed by atoms with E-state index in [4.69, 9.17) is 9.51 Å². The maximum atomic E-state index is 12.9. The number of anilines is 5. The monoisotopic (exact) mass is 826 g/mol. The smallest absolute Gasteiger partial charge is 0.328 e. The van der Waals surface area contributed by atoms with Crippen LogP contribution in [0.4, 0.5) is 33.5 Å². The van der Waals surface area contributed by atoms with Crippen molar-refractivity contribution in [1.29, 1.82) is 0 Å². The molecule has 3 fully saturated rings. The Kier molecular flexibility index (Phi) is 12.0. The van der Waals surface area contributed by atoms with Crippen molar-refractivity contribution in [3.05, 3.63) is 96.0 Å². The van der Waals surface area contributed by atoms with E-state index in [1.807, 2.05) is 77.2 Å². The molecule has 3 aromatic heterocycles. The second kappa shape index (κ2) is 17.7. The first-order chi connectivity index (χ1) is 29.4. The third-order valence-corrected chi connectivity index (χ3v) is 11.8. The van der Waals surface area contributed by atoms with E-state index < -0.39 is 5.91 Å². The standard InChI is InChI=1S/C45H54N12O4/c1-29-24-32(6-12-36(29)30(2)49-41(59)42-52-43(53-61-42)45(3,4)5)37-25-38(48-28-47-37)50-33-7-13-39(46-26-33)56-22-20-54(21-23-56)27-31-14-17-55(18-15-31)34-8-10-35(11-9-34)57-19-16-40(58)51-44(57)60/h6-13,24-26,28,30-31H,14-23,27H2,1-5H3,(H,49,59)(H,47,48,50)(H,51,58,60)/t30-/m1/s1. The average molecular weight is 827 g/mol. The van der Waals surface area contributed by atoms with Crippen molar-refractivity contribution >= 4 is 46.5 Å². The topological polar surface area (TPSA) is 178 Å². The number of carbonyl (C=O) groups excluding carboxylic acids is 3. The number of benzene rings is 2. The number of aryl methyl sites for hydroxylation is 1. The van der Waals surface area contributed by atoms with Crippen molar-refractivity contribution < 1.29 is 18.9 Å². The van der Waals surface area contributed by atoms with Gasteiger partial charge < -0.3 is 25.0 Å². The first kappa shape index (κ1) is 41.3. The highest BCUT2D eigenvalue weighted by Gasteiger charge is 2.28. The number of nitrogens with one attached hydrogen (secondary N) is 3. The second-order valence-corrected chi connectivity index (χ2v) is 17.2. The first-order valence-electron chi connectivity index (χ1n) is 21.1. The molecule has 318 valence electrons. The van der Waals surface area contributed by atoms with Gasteiger partial charge in [0.05, 0.1) is 23.6 Å². The molecule has 6 heterocycles. The predicted octanol–water partition coefficient (Wildman–Crippen LogP) is 6.25. The molecule has 61 heavy (non-hydrogen) atoms. The summed E-state index contributed by atoms with van der Waals surface area (Å²) in [6, 6.07) is 19.6. The Balaban J connectivity index is 0.782. The number of rotatable bonds is 11. The Labute approximate surface area is 356 Å². The number of hydrogen-bond acceptors (Lipinski definition) is 13. The van der Waals surface area contributed by atoms with Gasteiger partial charge in [-0.3, -0.25) is 24.7 Å². The van der Waals surface area contributed by atoms with Crippen LogP contribution in [0.15, 0.2) is 77.7 Å². The second-order valence-electron chi connectivity index (χ2n) is 17.2. The number of aromatic nitrogens is 5. The lowest BCUT2D eigenvalue weighted by Crippen LogP contribution is -2.49. The zero-order valence-electron chi connectivity index (χ0n) is 35.5. The van der Waals surface area contributed by atoms with E-state index in [9.17, 15) is 14.4 Å². The minimum Gasteiger partial charge on any atom is -0.372 e. The molecular formula is C45H54N12O4. The SMILES string of the molecule is Cc1cc(-c2cc(Nc3ccc(N4CCN(CC5CCN(c6ccc(N7CCC(=O)NC7=O)cc6)CC5)CC4)nc3)ncn2)ccc1[C@@H](C)NC(=O)c1nc(C(C)(C)C)no1. The Morgan fingerprint density at radius 3 is 2.31 bits per heavy atom. The van der Waals surface area contributed by atoms with Crippen LogP contribution in [0.2, 0.25) is 0 Å². The molecule has 16 nitrogen and oxygen atoms in total. The third kappa shape index (κ3) is 9.80. The van der Waals surface area contributed by atoms with E-state index in [-0.39, 0.29) is 29.3 Å². The van der Waals surface area contributed by atoms with Gasteiger partial charge >= 0.3 is 17.8 Å². The summed E-state index contributed by atoms with van der Waals surface area (Å²) in [6.45, 7) is 17.3. The number of hydrogen-bond donors (Lipinski definition) is 3. The maximum Gasteiger partial charge on any atom is 0.328 e. The van der Waals surface area contributed by atoms with Gasteiger partial charge in [-0.05, 0) is 86.2 Å². The molecule has 8 rings (SSSR count). The van der Waals surface area contributed by atoms with Crippen LogP contribution in [0.3, 0.4) is 0 Å². The van der Waals surface area contributed by atoms with Crippen LogP contribution in [0, 0.1) is 12.8 Å². The van der Waals surface area contributed by atoms with Gasteiger partial charge in [0.2, 0.25) is 5.91 Å². The van der Waals surface area contributed by atoms with Crippen molar-refractivity contribution in [3.8, 4) is 11.3 Å². The fraction of sp³-hybridized carbons (Fsp3) is 0.422. The van der Waals surface area contributed by atoms with E-state index in [0.29, 0.717) is 30.5 Å². The number of nitrogens with zero attached hydrogens (tertiary/aromatic N) is 9. The number of imide groups is 1. The molecule has 3 aliphatic heterocycles. The third-order valence-electron chi connectivity index (χ3n) is 11.8. The molecule has 4 amide bonds. The number of amides is 4. The number of pyridine rings is 1. The molecule has 0 unspecified atom stereocenters. The quantitative estimate of drug-likeness (QED) is 0.136. The van der Waals surface area contributed by atoms with Gasteiger partial charge in [-0.25, -0.2) is 19.7 Å². The molecule has 1 atom stereocenters. The lowest BCUT2D eigenvalue weighted by molar-refractivity contribution is -0.120. The summed E-state index contributed by atoms with van der Waals surface area (Å²) in [5, 5.41) is 12.7. The van der Waals surface area contributed by atoms with Gasteiger partial charge in [0.1, 0.15) is 18.0 Å². The molecule has 0 spiro atoms. The summed E-state index contributed by atoms with van der Waals surface area (Å²) in [4.78, 5) is 63.7. The minimum atomic E-state index is -0.412. The zero-order chi connectivity index (χ0) is 42.7. The van der Waals surface area contributed by atoms with Crippen LogP contribution in [0.5, 0.6) is 0 Å². The number of carbonyl (C=O) groups is 3. The summed E-state index contributed by atoms with van der Waals surface area (Å²) in [5.41, 5.74) is 6.19. The van der Waals surface area contributed by atoms with Crippen molar-refractivity contribution in [2.24, 2.45) is 5.92 Å². The summed E-state index contributed by atoms with van der Waals surface area (Å²) >= 11 is 0. The molecule has 0 bridgehead atoms. The molecule has 2 aromatic carbocycles. The lowest BCUT2D eigenvalue weighted by atomic mass is 9.95. The minimum absolute atomic E-state index is 0.0505. The molecular weight excluding hydrogens is 773 g/mol. The summed E-state index contributed by atoms with van der Waals surface area (Å²) in [5.74, 6) is 2.10. The van der Waals surface area contributed by atoms with Crippen molar-refractivity contribution in [2.45, 2.75) is 65.3 Å². The van der Waals surface area contributed by atoms with Crippen LogP contribution < -0.4 is 30.7 Å². The molecule has 3 aliphatic rings. The van der Waals surface area contributed by atoms with Crippen LogP contribution >= 0.6 is 0 Å².